The van der Waals surface area contributed by atoms with E-state index in [1.54, 1.807) is 0 Å². The van der Waals surface area contributed by atoms with E-state index in [0.717, 1.165) is 35.1 Å². The molecule has 0 atom stereocenters. The van der Waals surface area contributed by atoms with Crippen molar-refractivity contribution in [3.63, 3.8) is 0 Å². The van der Waals surface area contributed by atoms with E-state index in [1.165, 1.54) is 0 Å². The first-order valence-electron chi connectivity index (χ1n) is 7.10. The van der Waals surface area contributed by atoms with E-state index >= 15 is 0 Å². The molecule has 2 aromatic carbocycles. The fourth-order valence-corrected chi connectivity index (χ4v) is 2.92. The quantitative estimate of drug-likeness (QED) is 0.634. The van der Waals surface area contributed by atoms with E-state index in [0.29, 0.717) is 10.0 Å². The third-order valence-electron chi connectivity index (χ3n) is 3.72. The zero-order valence-electron chi connectivity index (χ0n) is 11.9. The molecule has 1 fully saturated rings. The fraction of sp³-hybridized carbons (Fsp3) is 0.105. The van der Waals surface area contributed by atoms with E-state index in [4.69, 9.17) is 23.2 Å². The van der Waals surface area contributed by atoms with Gasteiger partial charge < -0.3 is 0 Å². The lowest BCUT2D eigenvalue weighted by Gasteiger charge is -2.00. The third kappa shape index (κ3) is 3.16. The number of Topliss-reactive ketones (excluding diaryl/α,β-unsaturated/α-hetero) is 1. The molecule has 0 amide bonds. The first-order chi connectivity index (χ1) is 10.6. The number of halogens is 2. The monoisotopic (exact) mass is 328 g/mol. The van der Waals surface area contributed by atoms with E-state index in [9.17, 15) is 4.79 Å². The van der Waals surface area contributed by atoms with E-state index < -0.39 is 0 Å². The van der Waals surface area contributed by atoms with Crippen LogP contribution in [0.2, 0.25) is 10.0 Å². The molecule has 0 spiro atoms. The van der Waals surface area contributed by atoms with Crippen molar-refractivity contribution in [3.8, 4) is 0 Å². The van der Waals surface area contributed by atoms with Crippen molar-refractivity contribution in [3.05, 3.63) is 80.8 Å². The zero-order valence-corrected chi connectivity index (χ0v) is 13.4. The predicted molar refractivity (Wildman–Crippen MR) is 93.1 cm³/mol. The Bertz CT molecular complexity index is 722. The van der Waals surface area contributed by atoms with Gasteiger partial charge in [0.1, 0.15) is 0 Å². The molecule has 110 valence electrons. The minimum Gasteiger partial charge on any atom is -0.289 e. The Morgan fingerprint density at radius 2 is 1.14 bits per heavy atom. The molecule has 3 rings (SSSR count). The summed E-state index contributed by atoms with van der Waals surface area (Å²) in [5.74, 6) is 0.0832. The number of benzene rings is 2. The first-order valence-corrected chi connectivity index (χ1v) is 7.85. The molecule has 0 unspecified atom stereocenters. The first kappa shape index (κ1) is 15.1. The second kappa shape index (κ2) is 6.51. The Hall–Kier alpha value is -1.83. The van der Waals surface area contributed by atoms with Crippen molar-refractivity contribution in [2.75, 3.05) is 0 Å². The van der Waals surface area contributed by atoms with Gasteiger partial charge >= 0.3 is 0 Å². The van der Waals surface area contributed by atoms with Gasteiger partial charge in [0.15, 0.2) is 5.78 Å². The van der Waals surface area contributed by atoms with Crippen LogP contribution in [0.5, 0.6) is 0 Å². The molecule has 0 heterocycles. The van der Waals surface area contributed by atoms with Crippen molar-refractivity contribution >= 4 is 41.1 Å². The van der Waals surface area contributed by atoms with Crippen molar-refractivity contribution < 1.29 is 4.79 Å². The van der Waals surface area contributed by atoms with Crippen molar-refractivity contribution in [1.29, 1.82) is 0 Å². The summed E-state index contributed by atoms with van der Waals surface area (Å²) in [4.78, 5) is 12.5. The number of carbonyl (C=O) groups excluding carboxylic acids is 1. The SMILES string of the molecule is O=C1/C(=C\c2ccccc2Cl)CC/C1=C/c1ccccc1Cl. The van der Waals surface area contributed by atoms with Crippen molar-refractivity contribution in [2.45, 2.75) is 12.8 Å². The molecule has 2 aromatic rings. The van der Waals surface area contributed by atoms with Crippen LogP contribution in [-0.2, 0) is 4.79 Å². The maximum atomic E-state index is 12.5. The minimum atomic E-state index is 0.0832. The lowest BCUT2D eigenvalue weighted by molar-refractivity contribution is -0.111. The maximum Gasteiger partial charge on any atom is 0.185 e. The predicted octanol–water partition coefficient (Wildman–Crippen LogP) is 5.82. The summed E-state index contributed by atoms with van der Waals surface area (Å²) in [5, 5.41) is 1.32. The van der Waals surface area contributed by atoms with Gasteiger partial charge in [-0.3, -0.25) is 4.79 Å². The number of carbonyl (C=O) groups is 1. The summed E-state index contributed by atoms with van der Waals surface area (Å²) in [6.07, 6.45) is 5.25. The Labute approximate surface area is 139 Å². The highest BCUT2D eigenvalue weighted by atomic mass is 35.5. The molecule has 3 heteroatoms. The average molecular weight is 329 g/mol. The van der Waals surface area contributed by atoms with Gasteiger partial charge in [-0.25, -0.2) is 0 Å². The number of allylic oxidation sites excluding steroid dienone is 2. The molecule has 0 saturated heterocycles. The standard InChI is InChI=1S/C19H14Cl2O/c20-17-7-3-1-5-13(17)11-15-9-10-16(19(15)22)12-14-6-2-4-8-18(14)21/h1-8,11-12H,9-10H2/b15-11-,16-12-. The summed E-state index contributed by atoms with van der Waals surface area (Å²) < 4.78 is 0. The van der Waals surface area contributed by atoms with Gasteiger partial charge in [-0.2, -0.15) is 0 Å². The van der Waals surface area contributed by atoms with Gasteiger partial charge in [-0.1, -0.05) is 59.6 Å². The molecule has 1 aliphatic rings. The van der Waals surface area contributed by atoms with Crippen LogP contribution in [0.4, 0.5) is 0 Å². The topological polar surface area (TPSA) is 17.1 Å². The molecule has 1 nitrogen and oxygen atoms in total. The summed E-state index contributed by atoms with van der Waals surface area (Å²) in [7, 11) is 0. The van der Waals surface area contributed by atoms with Gasteiger partial charge in [-0.05, 0) is 48.3 Å². The molecule has 0 radical (unpaired) electrons. The van der Waals surface area contributed by atoms with Gasteiger partial charge in [0.2, 0.25) is 0 Å². The zero-order chi connectivity index (χ0) is 15.5. The normalized spacial score (nSPS) is 18.4. The molecule has 1 saturated carbocycles. The molecular formula is C19H14Cl2O. The lowest BCUT2D eigenvalue weighted by atomic mass is 10.1. The molecule has 1 aliphatic carbocycles. The van der Waals surface area contributed by atoms with Crippen LogP contribution in [0.15, 0.2) is 59.7 Å². The second-order valence-electron chi connectivity index (χ2n) is 5.21. The molecule has 22 heavy (non-hydrogen) atoms. The summed E-state index contributed by atoms with van der Waals surface area (Å²) >= 11 is 12.3. The molecule has 0 aliphatic heterocycles. The van der Waals surface area contributed by atoms with Crippen LogP contribution >= 0.6 is 23.2 Å². The minimum absolute atomic E-state index is 0.0832. The van der Waals surface area contributed by atoms with Gasteiger partial charge in [-0.15, -0.1) is 0 Å². The van der Waals surface area contributed by atoms with Crippen molar-refractivity contribution in [2.24, 2.45) is 0 Å². The van der Waals surface area contributed by atoms with Gasteiger partial charge in [0, 0.05) is 21.2 Å². The van der Waals surface area contributed by atoms with Gasteiger partial charge in [0.25, 0.3) is 0 Å². The van der Waals surface area contributed by atoms with E-state index in [-0.39, 0.29) is 5.78 Å². The molecular weight excluding hydrogens is 315 g/mol. The van der Waals surface area contributed by atoms with Crippen LogP contribution in [-0.4, -0.2) is 5.78 Å². The number of rotatable bonds is 2. The second-order valence-corrected chi connectivity index (χ2v) is 6.03. The Morgan fingerprint density at radius 3 is 1.55 bits per heavy atom. The highest BCUT2D eigenvalue weighted by Crippen LogP contribution is 2.31. The Kier molecular flexibility index (Phi) is 4.47. The molecule has 0 aromatic heterocycles. The fourth-order valence-electron chi connectivity index (χ4n) is 2.54. The third-order valence-corrected chi connectivity index (χ3v) is 4.41. The number of hydrogen-bond acceptors (Lipinski definition) is 1. The van der Waals surface area contributed by atoms with Crippen LogP contribution in [0.25, 0.3) is 12.2 Å². The maximum absolute atomic E-state index is 12.5. The summed E-state index contributed by atoms with van der Waals surface area (Å²) in [6, 6.07) is 15.1. The number of hydrogen-bond donors (Lipinski definition) is 0. The molecule has 0 bridgehead atoms. The number of ketones is 1. The average Bonchev–Trinajstić information content (AvgIpc) is 2.85. The van der Waals surface area contributed by atoms with E-state index in [1.807, 2.05) is 60.7 Å². The Balaban J connectivity index is 1.90. The van der Waals surface area contributed by atoms with Crippen molar-refractivity contribution in [1.82, 2.24) is 0 Å². The van der Waals surface area contributed by atoms with Crippen LogP contribution < -0.4 is 0 Å². The summed E-state index contributed by atoms with van der Waals surface area (Å²) in [6.45, 7) is 0. The summed E-state index contributed by atoms with van der Waals surface area (Å²) in [5.41, 5.74) is 3.36. The Morgan fingerprint density at radius 1 is 0.727 bits per heavy atom. The molecule has 0 N–H and O–H groups in total. The largest absolute Gasteiger partial charge is 0.289 e. The smallest absolute Gasteiger partial charge is 0.185 e. The lowest BCUT2D eigenvalue weighted by Crippen LogP contribution is -1.95. The van der Waals surface area contributed by atoms with Crippen LogP contribution in [0.3, 0.4) is 0 Å². The van der Waals surface area contributed by atoms with E-state index in [2.05, 4.69) is 0 Å². The highest BCUT2D eigenvalue weighted by Gasteiger charge is 2.23. The van der Waals surface area contributed by atoms with Crippen LogP contribution in [0, 0.1) is 0 Å². The van der Waals surface area contributed by atoms with Gasteiger partial charge in [0.05, 0.1) is 0 Å². The highest BCUT2D eigenvalue weighted by molar-refractivity contribution is 6.33. The van der Waals surface area contributed by atoms with Crippen LogP contribution in [0.1, 0.15) is 24.0 Å².